The molecule has 0 heterocycles. The average Bonchev–Trinajstić information content (AvgIpc) is 2.25. The summed E-state index contributed by atoms with van der Waals surface area (Å²) in [6, 6.07) is 6.27. The molecule has 1 aromatic carbocycles. The molecular weight excluding hydrogens is 184 g/mol. The summed E-state index contributed by atoms with van der Waals surface area (Å²) in [6.45, 7) is 4.29. The van der Waals surface area contributed by atoms with Crippen LogP contribution in [0.25, 0.3) is 6.08 Å². The maximum Gasteiger partial charge on any atom is 0.121 e. The van der Waals surface area contributed by atoms with Crippen molar-refractivity contribution >= 4 is 6.08 Å². The molecular formula is C14H20O. The van der Waals surface area contributed by atoms with Crippen LogP contribution in [0.4, 0.5) is 0 Å². The van der Waals surface area contributed by atoms with E-state index in [-0.39, 0.29) is 0 Å². The van der Waals surface area contributed by atoms with Gasteiger partial charge in [0.2, 0.25) is 0 Å². The Labute approximate surface area is 92.8 Å². The molecule has 1 nitrogen and oxygen atoms in total. The van der Waals surface area contributed by atoms with Crippen molar-refractivity contribution in [2.75, 3.05) is 7.11 Å². The number of allylic oxidation sites excluding steroid dienone is 1. The Bertz CT molecular complexity index is 326. The van der Waals surface area contributed by atoms with Crippen molar-refractivity contribution in [1.82, 2.24) is 0 Å². The van der Waals surface area contributed by atoms with E-state index in [1.54, 1.807) is 7.11 Å². The Morgan fingerprint density at radius 3 is 2.73 bits per heavy atom. The van der Waals surface area contributed by atoms with Gasteiger partial charge in [-0.15, -0.1) is 0 Å². The maximum absolute atomic E-state index is 5.22. The van der Waals surface area contributed by atoms with Crippen molar-refractivity contribution in [3.05, 3.63) is 35.4 Å². The van der Waals surface area contributed by atoms with Crippen LogP contribution in [-0.2, 0) is 0 Å². The van der Waals surface area contributed by atoms with Crippen LogP contribution >= 0.6 is 0 Å². The Balaban J connectivity index is 2.63. The van der Waals surface area contributed by atoms with E-state index < -0.39 is 0 Å². The van der Waals surface area contributed by atoms with Crippen LogP contribution in [0.15, 0.2) is 24.3 Å². The first-order valence-corrected chi connectivity index (χ1v) is 5.59. The number of aryl methyl sites for hydroxylation is 1. The van der Waals surface area contributed by atoms with Gasteiger partial charge >= 0.3 is 0 Å². The molecule has 15 heavy (non-hydrogen) atoms. The molecule has 0 saturated carbocycles. The van der Waals surface area contributed by atoms with Crippen LogP contribution in [0.2, 0.25) is 0 Å². The third-order valence-corrected chi connectivity index (χ3v) is 2.45. The standard InChI is InChI=1S/C14H20O/c1-4-5-6-7-8-13-9-10-14(15-3)12(2)11-13/h7-11H,4-6H2,1-3H3. The number of rotatable bonds is 5. The summed E-state index contributed by atoms with van der Waals surface area (Å²) in [7, 11) is 1.71. The molecule has 0 fully saturated rings. The Morgan fingerprint density at radius 2 is 2.13 bits per heavy atom. The van der Waals surface area contributed by atoms with Crippen molar-refractivity contribution < 1.29 is 4.74 Å². The van der Waals surface area contributed by atoms with Crippen molar-refractivity contribution in [2.45, 2.75) is 33.1 Å². The highest BCUT2D eigenvalue weighted by atomic mass is 16.5. The molecule has 0 radical (unpaired) electrons. The zero-order chi connectivity index (χ0) is 11.1. The van der Waals surface area contributed by atoms with E-state index >= 15 is 0 Å². The minimum atomic E-state index is 0.959. The molecule has 0 unspecified atom stereocenters. The summed E-state index contributed by atoms with van der Waals surface area (Å²) >= 11 is 0. The summed E-state index contributed by atoms with van der Waals surface area (Å²) in [5.41, 5.74) is 2.44. The SMILES string of the molecule is CCCCC=Cc1ccc(OC)c(C)c1. The van der Waals surface area contributed by atoms with Crippen LogP contribution in [0.5, 0.6) is 5.75 Å². The quantitative estimate of drug-likeness (QED) is 0.653. The van der Waals surface area contributed by atoms with Crippen LogP contribution in [0.1, 0.15) is 37.3 Å². The first-order chi connectivity index (χ1) is 7.27. The second-order valence-electron chi connectivity index (χ2n) is 3.77. The fourth-order valence-electron chi connectivity index (χ4n) is 1.55. The summed E-state index contributed by atoms with van der Waals surface area (Å²) in [5.74, 6) is 0.959. The molecule has 1 rings (SSSR count). The van der Waals surface area contributed by atoms with Gasteiger partial charge in [-0.05, 0) is 36.6 Å². The molecule has 82 valence electrons. The molecule has 0 atom stereocenters. The fourth-order valence-corrected chi connectivity index (χ4v) is 1.55. The molecule has 1 aromatic rings. The van der Waals surface area contributed by atoms with Gasteiger partial charge in [0.15, 0.2) is 0 Å². The lowest BCUT2D eigenvalue weighted by Gasteiger charge is -2.04. The highest BCUT2D eigenvalue weighted by Gasteiger charge is 1.96. The van der Waals surface area contributed by atoms with Crippen molar-refractivity contribution in [3.63, 3.8) is 0 Å². The van der Waals surface area contributed by atoms with E-state index in [0.29, 0.717) is 0 Å². The molecule has 0 bridgehead atoms. The van der Waals surface area contributed by atoms with Gasteiger partial charge in [0.25, 0.3) is 0 Å². The molecule has 0 aliphatic carbocycles. The van der Waals surface area contributed by atoms with Crippen molar-refractivity contribution in [2.24, 2.45) is 0 Å². The van der Waals surface area contributed by atoms with E-state index in [4.69, 9.17) is 4.74 Å². The minimum Gasteiger partial charge on any atom is -0.496 e. The molecule has 0 aromatic heterocycles. The van der Waals surface area contributed by atoms with Gasteiger partial charge in [0, 0.05) is 0 Å². The number of unbranched alkanes of at least 4 members (excludes halogenated alkanes) is 2. The van der Waals surface area contributed by atoms with E-state index in [2.05, 4.69) is 38.1 Å². The van der Waals surface area contributed by atoms with Gasteiger partial charge in [0.05, 0.1) is 7.11 Å². The summed E-state index contributed by atoms with van der Waals surface area (Å²) < 4.78 is 5.22. The molecule has 1 heteroatoms. The van der Waals surface area contributed by atoms with Crippen LogP contribution < -0.4 is 4.74 Å². The van der Waals surface area contributed by atoms with Crippen molar-refractivity contribution in [1.29, 1.82) is 0 Å². The summed E-state index contributed by atoms with van der Waals surface area (Å²) in [5, 5.41) is 0. The second kappa shape index (κ2) is 6.28. The average molecular weight is 204 g/mol. The highest BCUT2D eigenvalue weighted by Crippen LogP contribution is 2.19. The fraction of sp³-hybridized carbons (Fsp3) is 0.429. The van der Waals surface area contributed by atoms with Gasteiger partial charge in [-0.3, -0.25) is 0 Å². The normalized spacial score (nSPS) is 10.9. The van der Waals surface area contributed by atoms with Crippen LogP contribution in [0.3, 0.4) is 0 Å². The van der Waals surface area contributed by atoms with E-state index in [0.717, 1.165) is 5.75 Å². The topological polar surface area (TPSA) is 9.23 Å². The zero-order valence-corrected chi connectivity index (χ0v) is 9.92. The smallest absolute Gasteiger partial charge is 0.121 e. The highest BCUT2D eigenvalue weighted by molar-refractivity contribution is 5.53. The number of methoxy groups -OCH3 is 1. The van der Waals surface area contributed by atoms with Gasteiger partial charge in [-0.25, -0.2) is 0 Å². The predicted octanol–water partition coefficient (Wildman–Crippen LogP) is 4.21. The molecule has 0 amide bonds. The molecule has 0 aliphatic rings. The lowest BCUT2D eigenvalue weighted by Crippen LogP contribution is -1.86. The van der Waals surface area contributed by atoms with E-state index in [1.165, 1.54) is 30.4 Å². The predicted molar refractivity (Wildman–Crippen MR) is 66.3 cm³/mol. The van der Waals surface area contributed by atoms with E-state index in [9.17, 15) is 0 Å². The summed E-state index contributed by atoms with van der Waals surface area (Å²) in [4.78, 5) is 0. The second-order valence-corrected chi connectivity index (χ2v) is 3.77. The van der Waals surface area contributed by atoms with Gasteiger partial charge < -0.3 is 4.74 Å². The van der Waals surface area contributed by atoms with E-state index in [1.807, 2.05) is 6.07 Å². The molecule has 0 aliphatic heterocycles. The molecule has 0 spiro atoms. The van der Waals surface area contributed by atoms with Gasteiger partial charge in [0.1, 0.15) is 5.75 Å². The van der Waals surface area contributed by atoms with Crippen molar-refractivity contribution in [3.8, 4) is 5.75 Å². The monoisotopic (exact) mass is 204 g/mol. The summed E-state index contributed by atoms with van der Waals surface area (Å²) in [6.07, 6.45) is 8.12. The largest absolute Gasteiger partial charge is 0.496 e. The molecule has 0 N–H and O–H groups in total. The number of benzene rings is 1. The van der Waals surface area contributed by atoms with Crippen LogP contribution in [0, 0.1) is 6.92 Å². The van der Waals surface area contributed by atoms with Gasteiger partial charge in [-0.2, -0.15) is 0 Å². The number of ether oxygens (including phenoxy) is 1. The first kappa shape index (κ1) is 11.8. The number of hydrogen-bond donors (Lipinski definition) is 0. The Hall–Kier alpha value is -1.24. The minimum absolute atomic E-state index is 0.959. The lowest BCUT2D eigenvalue weighted by molar-refractivity contribution is 0.411. The third-order valence-electron chi connectivity index (χ3n) is 2.45. The van der Waals surface area contributed by atoms with Crippen LogP contribution in [-0.4, -0.2) is 7.11 Å². The first-order valence-electron chi connectivity index (χ1n) is 5.59. The Kier molecular flexibility index (Phi) is 4.96. The maximum atomic E-state index is 5.22. The third kappa shape index (κ3) is 3.78. The lowest BCUT2D eigenvalue weighted by atomic mass is 10.1. The van der Waals surface area contributed by atoms with Gasteiger partial charge in [-0.1, -0.05) is 38.0 Å². The zero-order valence-electron chi connectivity index (χ0n) is 9.92. The Morgan fingerprint density at radius 1 is 1.33 bits per heavy atom. The number of hydrogen-bond acceptors (Lipinski definition) is 1. The molecule has 0 saturated heterocycles.